The highest BCUT2D eigenvalue weighted by atomic mass is 35.5. The zero-order valence-corrected chi connectivity index (χ0v) is 8.44. The summed E-state index contributed by atoms with van der Waals surface area (Å²) in [6, 6.07) is 1.07. The molecule has 0 bridgehead atoms. The number of hydrogen-bond acceptors (Lipinski definition) is 2. The van der Waals surface area contributed by atoms with Crippen LogP contribution in [-0.2, 0) is 11.2 Å². The van der Waals surface area contributed by atoms with Crippen molar-refractivity contribution in [2.45, 2.75) is 19.8 Å². The van der Waals surface area contributed by atoms with E-state index in [-0.39, 0.29) is 11.4 Å². The average molecular weight is 217 g/mol. The predicted octanol–water partition coefficient (Wildman–Crippen LogP) is 2.62. The Hall–Kier alpha value is -1.09. The molecule has 1 aromatic carbocycles. The molecule has 0 heterocycles. The Labute approximate surface area is 86.3 Å². The molecule has 0 aliphatic heterocycles. The minimum atomic E-state index is -0.749. The first-order valence-corrected chi connectivity index (χ1v) is 4.55. The number of carbonyl (C=O) groups is 1. The van der Waals surface area contributed by atoms with Crippen molar-refractivity contribution in [1.82, 2.24) is 0 Å². The summed E-state index contributed by atoms with van der Waals surface area (Å²) in [6.07, 6.45) is 1.27. The molecule has 0 spiro atoms. The highest BCUT2D eigenvalue weighted by Crippen LogP contribution is 2.31. The van der Waals surface area contributed by atoms with Crippen LogP contribution in [0.15, 0.2) is 6.07 Å². The van der Waals surface area contributed by atoms with Gasteiger partial charge < -0.3 is 9.90 Å². The lowest BCUT2D eigenvalue weighted by Crippen LogP contribution is -1.95. The molecule has 14 heavy (non-hydrogen) atoms. The van der Waals surface area contributed by atoms with E-state index in [1.165, 1.54) is 0 Å². The van der Waals surface area contributed by atoms with Crippen LogP contribution in [0.25, 0.3) is 0 Å². The fraction of sp³-hybridized carbons (Fsp3) is 0.300. The molecular formula is C10H10ClFO2. The van der Waals surface area contributed by atoms with E-state index >= 15 is 0 Å². The molecule has 2 nitrogen and oxygen atoms in total. The van der Waals surface area contributed by atoms with Crippen molar-refractivity contribution < 1.29 is 14.3 Å². The van der Waals surface area contributed by atoms with Crippen LogP contribution in [0.1, 0.15) is 17.5 Å². The van der Waals surface area contributed by atoms with Crippen molar-refractivity contribution in [3.63, 3.8) is 0 Å². The fourth-order valence-corrected chi connectivity index (χ4v) is 1.47. The van der Waals surface area contributed by atoms with Gasteiger partial charge in [0.1, 0.15) is 6.29 Å². The second-order valence-corrected chi connectivity index (χ2v) is 3.40. The summed E-state index contributed by atoms with van der Waals surface area (Å²) in [7, 11) is 0. The van der Waals surface area contributed by atoms with Crippen molar-refractivity contribution in [1.29, 1.82) is 0 Å². The van der Waals surface area contributed by atoms with Gasteiger partial charge in [-0.05, 0) is 25.0 Å². The van der Waals surface area contributed by atoms with Gasteiger partial charge in [-0.2, -0.15) is 0 Å². The van der Waals surface area contributed by atoms with Gasteiger partial charge in [0.05, 0.1) is 0 Å². The van der Waals surface area contributed by atoms with Crippen LogP contribution in [-0.4, -0.2) is 11.4 Å². The number of rotatable bonds is 3. The maximum absolute atomic E-state index is 13.0. The maximum atomic E-state index is 13.0. The van der Waals surface area contributed by atoms with E-state index in [0.717, 1.165) is 12.4 Å². The normalized spacial score (nSPS) is 10.2. The number of phenols is 1. The molecule has 1 rings (SSSR count). The second-order valence-electron chi connectivity index (χ2n) is 3.00. The van der Waals surface area contributed by atoms with Gasteiger partial charge in [-0.25, -0.2) is 4.39 Å². The summed E-state index contributed by atoms with van der Waals surface area (Å²) in [6.45, 7) is 1.68. The van der Waals surface area contributed by atoms with Gasteiger partial charge in [0.2, 0.25) is 0 Å². The molecule has 1 aromatic rings. The molecule has 4 heteroatoms. The highest BCUT2D eigenvalue weighted by Gasteiger charge is 2.13. The second kappa shape index (κ2) is 4.42. The zero-order chi connectivity index (χ0) is 10.7. The quantitative estimate of drug-likeness (QED) is 0.789. The van der Waals surface area contributed by atoms with Crippen molar-refractivity contribution in [2.24, 2.45) is 0 Å². The van der Waals surface area contributed by atoms with Gasteiger partial charge in [0.25, 0.3) is 0 Å². The number of phenolic OH excluding ortho intramolecular Hbond substituents is 1. The van der Waals surface area contributed by atoms with Gasteiger partial charge in [0.15, 0.2) is 11.6 Å². The lowest BCUT2D eigenvalue weighted by atomic mass is 10.0. The summed E-state index contributed by atoms with van der Waals surface area (Å²) in [4.78, 5) is 10.2. The third kappa shape index (κ3) is 2.04. The van der Waals surface area contributed by atoms with Gasteiger partial charge >= 0.3 is 0 Å². The molecule has 0 radical (unpaired) electrons. The standard InChI is InChI=1S/C10H10ClFO2/c1-6-7(3-2-4-13)10(14)9(12)5-8(6)11/h4-5,14H,2-3H2,1H3. The number of benzene rings is 1. The van der Waals surface area contributed by atoms with Gasteiger partial charge in [-0.3, -0.25) is 0 Å². The van der Waals surface area contributed by atoms with Crippen LogP contribution in [0, 0.1) is 12.7 Å². The van der Waals surface area contributed by atoms with Crippen LogP contribution in [0.4, 0.5) is 4.39 Å². The Morgan fingerprint density at radius 2 is 2.29 bits per heavy atom. The Morgan fingerprint density at radius 3 is 2.86 bits per heavy atom. The van der Waals surface area contributed by atoms with E-state index < -0.39 is 11.6 Å². The van der Waals surface area contributed by atoms with E-state index in [0.29, 0.717) is 17.5 Å². The SMILES string of the molecule is Cc1c(Cl)cc(F)c(O)c1CCC=O. The highest BCUT2D eigenvalue weighted by molar-refractivity contribution is 6.31. The minimum Gasteiger partial charge on any atom is -0.505 e. The summed E-state index contributed by atoms with van der Waals surface area (Å²) in [5.41, 5.74) is 1.02. The molecule has 0 amide bonds. The molecular weight excluding hydrogens is 207 g/mol. The van der Waals surface area contributed by atoms with Crippen molar-refractivity contribution in [3.8, 4) is 5.75 Å². The van der Waals surface area contributed by atoms with E-state index in [1.807, 2.05) is 0 Å². The number of aromatic hydroxyl groups is 1. The van der Waals surface area contributed by atoms with Crippen LogP contribution in [0.3, 0.4) is 0 Å². The van der Waals surface area contributed by atoms with E-state index in [4.69, 9.17) is 11.6 Å². The van der Waals surface area contributed by atoms with Crippen LogP contribution in [0.5, 0.6) is 5.75 Å². The molecule has 0 atom stereocenters. The van der Waals surface area contributed by atoms with E-state index in [9.17, 15) is 14.3 Å². The molecule has 0 aliphatic rings. The molecule has 0 aromatic heterocycles. The van der Waals surface area contributed by atoms with Crippen molar-refractivity contribution in [2.75, 3.05) is 0 Å². The third-order valence-electron chi connectivity index (χ3n) is 2.09. The summed E-state index contributed by atoms with van der Waals surface area (Å²) in [5, 5.41) is 9.64. The molecule has 0 fully saturated rings. The minimum absolute atomic E-state index is 0.244. The number of halogens is 2. The first kappa shape index (κ1) is 11.0. The monoisotopic (exact) mass is 216 g/mol. The predicted molar refractivity (Wildman–Crippen MR) is 52.2 cm³/mol. The molecule has 76 valence electrons. The maximum Gasteiger partial charge on any atom is 0.166 e. The number of carbonyl (C=O) groups excluding carboxylic acids is 1. The van der Waals surface area contributed by atoms with E-state index in [2.05, 4.69) is 0 Å². The lowest BCUT2D eigenvalue weighted by molar-refractivity contribution is -0.107. The molecule has 0 saturated heterocycles. The molecule has 0 unspecified atom stereocenters. The fourth-order valence-electron chi connectivity index (χ4n) is 1.26. The largest absolute Gasteiger partial charge is 0.505 e. The first-order chi connectivity index (χ1) is 6.57. The topological polar surface area (TPSA) is 37.3 Å². The molecule has 1 N–H and O–H groups in total. The lowest BCUT2D eigenvalue weighted by Gasteiger charge is -2.09. The van der Waals surface area contributed by atoms with E-state index in [1.54, 1.807) is 6.92 Å². The van der Waals surface area contributed by atoms with Gasteiger partial charge in [0, 0.05) is 17.0 Å². The van der Waals surface area contributed by atoms with Crippen molar-refractivity contribution in [3.05, 3.63) is 28.0 Å². The van der Waals surface area contributed by atoms with Crippen LogP contribution in [0.2, 0.25) is 5.02 Å². The Morgan fingerprint density at radius 1 is 1.64 bits per heavy atom. The smallest absolute Gasteiger partial charge is 0.166 e. The van der Waals surface area contributed by atoms with Crippen LogP contribution >= 0.6 is 11.6 Å². The number of hydrogen-bond donors (Lipinski definition) is 1. The Kier molecular flexibility index (Phi) is 3.47. The van der Waals surface area contributed by atoms with Crippen LogP contribution < -0.4 is 0 Å². The summed E-state index contributed by atoms with van der Waals surface area (Å²) in [5.74, 6) is -1.16. The van der Waals surface area contributed by atoms with Crippen molar-refractivity contribution >= 4 is 17.9 Å². The third-order valence-corrected chi connectivity index (χ3v) is 2.48. The average Bonchev–Trinajstić information content (AvgIpc) is 2.15. The summed E-state index contributed by atoms with van der Waals surface area (Å²) >= 11 is 5.73. The molecule has 0 saturated carbocycles. The summed E-state index contributed by atoms with van der Waals surface area (Å²) < 4.78 is 13.0. The molecule has 0 aliphatic carbocycles. The zero-order valence-electron chi connectivity index (χ0n) is 7.68. The Bertz CT molecular complexity index is 337. The Balaban J connectivity index is 3.17. The number of aldehydes is 1. The van der Waals surface area contributed by atoms with Gasteiger partial charge in [-0.15, -0.1) is 0 Å². The first-order valence-electron chi connectivity index (χ1n) is 4.18. The van der Waals surface area contributed by atoms with Gasteiger partial charge in [-0.1, -0.05) is 11.6 Å².